The molecule has 0 aliphatic heterocycles. The summed E-state index contributed by atoms with van der Waals surface area (Å²) in [4.78, 5) is 8.33. The zero-order valence-electron chi connectivity index (χ0n) is 10.5. The summed E-state index contributed by atoms with van der Waals surface area (Å²) in [5, 5.41) is 7.37. The highest BCUT2D eigenvalue weighted by Crippen LogP contribution is 2.29. The molecule has 4 N–H and O–H groups in total. The minimum absolute atomic E-state index is 0.255. The largest absolute Gasteiger partial charge is 0.438 e. The molecule has 0 aliphatic carbocycles. The topological polar surface area (TPSA) is 102 Å². The average molecular weight is 335 g/mol. The maximum absolute atomic E-state index is 5.80. The van der Waals surface area contributed by atoms with Gasteiger partial charge in [-0.1, -0.05) is 15.9 Å². The molecule has 7 nitrogen and oxygen atoms in total. The zero-order valence-corrected chi connectivity index (χ0v) is 12.1. The Kier molecular flexibility index (Phi) is 3.25. The van der Waals surface area contributed by atoms with Crippen LogP contribution >= 0.6 is 15.9 Å². The number of fused-ring (bicyclic) bond motifs is 1. The number of nitrogens with one attached hydrogen (secondary N) is 2. The molecule has 2 aromatic heterocycles. The molecule has 0 bridgehead atoms. The fraction of sp³-hybridized carbons (Fsp3) is 0.0833. The quantitative estimate of drug-likeness (QED) is 0.502. The number of H-pyrrole nitrogens is 1. The van der Waals surface area contributed by atoms with Gasteiger partial charge in [-0.2, -0.15) is 15.1 Å². The van der Waals surface area contributed by atoms with Crippen molar-refractivity contribution in [3.63, 3.8) is 0 Å². The van der Waals surface area contributed by atoms with Crippen LogP contribution < -0.4 is 16.0 Å². The van der Waals surface area contributed by atoms with Crippen LogP contribution in [0.25, 0.3) is 11.0 Å². The Morgan fingerprint density at radius 1 is 1.35 bits per heavy atom. The molecular weight excluding hydrogens is 324 g/mol. The number of aryl methyl sites for hydroxylation is 1. The van der Waals surface area contributed by atoms with E-state index in [1.165, 1.54) is 0 Å². The molecule has 20 heavy (non-hydrogen) atoms. The van der Waals surface area contributed by atoms with E-state index >= 15 is 0 Å². The van der Waals surface area contributed by atoms with Gasteiger partial charge >= 0.3 is 0 Å². The van der Waals surface area contributed by atoms with Crippen molar-refractivity contribution in [3.8, 4) is 11.6 Å². The van der Waals surface area contributed by atoms with Gasteiger partial charge in [0.05, 0.1) is 6.20 Å². The Morgan fingerprint density at radius 3 is 2.95 bits per heavy atom. The second kappa shape index (κ2) is 5.06. The van der Waals surface area contributed by atoms with Crippen molar-refractivity contribution in [1.29, 1.82) is 0 Å². The number of hydrogen-bond donors (Lipinski definition) is 3. The Hall–Kier alpha value is -2.19. The van der Waals surface area contributed by atoms with Crippen molar-refractivity contribution < 1.29 is 4.74 Å². The summed E-state index contributed by atoms with van der Waals surface area (Å²) in [6.45, 7) is 1.98. The third kappa shape index (κ3) is 2.30. The van der Waals surface area contributed by atoms with Crippen LogP contribution in [0.4, 0.5) is 5.95 Å². The second-order valence-corrected chi connectivity index (χ2v) is 5.00. The van der Waals surface area contributed by atoms with Gasteiger partial charge in [-0.15, -0.1) is 0 Å². The summed E-state index contributed by atoms with van der Waals surface area (Å²) in [6.07, 6.45) is 1.61. The lowest BCUT2D eigenvalue weighted by Crippen LogP contribution is -2.10. The predicted molar refractivity (Wildman–Crippen MR) is 78.4 cm³/mol. The molecule has 0 fully saturated rings. The van der Waals surface area contributed by atoms with Crippen molar-refractivity contribution >= 4 is 32.9 Å². The van der Waals surface area contributed by atoms with Crippen molar-refractivity contribution in [3.05, 3.63) is 34.4 Å². The van der Waals surface area contributed by atoms with Crippen LogP contribution in [0.5, 0.6) is 11.6 Å². The number of nitrogens with zero attached hydrogens (tertiary/aromatic N) is 3. The highest BCUT2D eigenvalue weighted by Gasteiger charge is 2.11. The van der Waals surface area contributed by atoms with Gasteiger partial charge in [0.2, 0.25) is 11.8 Å². The molecule has 0 saturated carbocycles. The molecule has 2 heterocycles. The van der Waals surface area contributed by atoms with E-state index in [9.17, 15) is 0 Å². The van der Waals surface area contributed by atoms with E-state index in [1.807, 2.05) is 25.1 Å². The Labute approximate surface area is 122 Å². The summed E-state index contributed by atoms with van der Waals surface area (Å²) in [5.74, 6) is 6.66. The number of rotatable bonds is 3. The normalized spacial score (nSPS) is 10.8. The minimum atomic E-state index is 0.255. The van der Waals surface area contributed by atoms with Crippen LogP contribution in [0.15, 0.2) is 28.9 Å². The molecule has 0 amide bonds. The number of hydrogen-bond acceptors (Lipinski definition) is 6. The Bertz CT molecular complexity index is 772. The summed E-state index contributed by atoms with van der Waals surface area (Å²) < 4.78 is 6.82. The number of nitrogens with two attached hydrogens (primary N) is 1. The number of nitrogen functional groups attached to an aromatic ring is 1. The van der Waals surface area contributed by atoms with E-state index in [4.69, 9.17) is 10.6 Å². The number of halogens is 1. The summed E-state index contributed by atoms with van der Waals surface area (Å²) in [5.41, 5.74) is 4.02. The smallest absolute Gasteiger partial charge is 0.242 e. The van der Waals surface area contributed by atoms with Gasteiger partial charge < -0.3 is 4.74 Å². The zero-order chi connectivity index (χ0) is 14.1. The maximum atomic E-state index is 5.80. The van der Waals surface area contributed by atoms with Gasteiger partial charge in [-0.25, -0.2) is 5.84 Å². The van der Waals surface area contributed by atoms with Crippen molar-refractivity contribution in [2.24, 2.45) is 5.84 Å². The molecule has 0 aliphatic rings. The van der Waals surface area contributed by atoms with E-state index in [1.54, 1.807) is 6.20 Å². The number of benzene rings is 1. The van der Waals surface area contributed by atoms with Crippen LogP contribution in [0.1, 0.15) is 5.56 Å². The van der Waals surface area contributed by atoms with Crippen molar-refractivity contribution in [2.75, 3.05) is 5.43 Å². The number of aromatic nitrogens is 4. The molecule has 0 radical (unpaired) electrons. The fourth-order valence-electron chi connectivity index (χ4n) is 1.74. The molecule has 0 unspecified atom stereocenters. The van der Waals surface area contributed by atoms with Crippen LogP contribution in [0, 0.1) is 6.92 Å². The number of aromatic amines is 1. The lowest BCUT2D eigenvalue weighted by molar-refractivity contribution is 0.468. The van der Waals surface area contributed by atoms with E-state index in [-0.39, 0.29) is 5.95 Å². The predicted octanol–water partition coefficient (Wildman–Crippen LogP) is 2.50. The molecule has 102 valence electrons. The molecule has 1 aromatic carbocycles. The van der Waals surface area contributed by atoms with Gasteiger partial charge in [0.15, 0.2) is 5.65 Å². The third-order valence-electron chi connectivity index (χ3n) is 2.75. The van der Waals surface area contributed by atoms with Gasteiger partial charge in [-0.05, 0) is 30.7 Å². The highest BCUT2D eigenvalue weighted by atomic mass is 79.9. The van der Waals surface area contributed by atoms with Crippen LogP contribution in [0.2, 0.25) is 0 Å². The molecule has 3 aromatic rings. The standard InChI is InChI=1S/C12H11BrN6O/c1-6-4-7(2-3-9(6)13)20-11-8-5-15-19-10(8)16-12(17-11)18-14/h2-5H,14H2,1H3,(H2,15,16,17,18,19). The van der Waals surface area contributed by atoms with Gasteiger partial charge in [0, 0.05) is 4.47 Å². The first-order chi connectivity index (χ1) is 9.67. The number of ether oxygens (including phenoxy) is 1. The Morgan fingerprint density at radius 2 is 2.20 bits per heavy atom. The van der Waals surface area contributed by atoms with E-state index in [0.717, 1.165) is 10.0 Å². The third-order valence-corrected chi connectivity index (χ3v) is 3.64. The first-order valence-electron chi connectivity index (χ1n) is 5.79. The molecule has 0 spiro atoms. The lowest BCUT2D eigenvalue weighted by atomic mass is 10.2. The highest BCUT2D eigenvalue weighted by molar-refractivity contribution is 9.10. The SMILES string of the molecule is Cc1cc(Oc2nc(NN)nc3[nH]ncc23)ccc1Br. The van der Waals surface area contributed by atoms with Gasteiger partial charge in [-0.3, -0.25) is 10.5 Å². The first kappa shape index (κ1) is 12.8. The minimum Gasteiger partial charge on any atom is -0.438 e. The molecular formula is C12H11BrN6O. The second-order valence-electron chi connectivity index (χ2n) is 4.14. The lowest BCUT2D eigenvalue weighted by Gasteiger charge is -2.08. The molecule has 0 saturated heterocycles. The molecule has 8 heteroatoms. The monoisotopic (exact) mass is 334 g/mol. The summed E-state index contributed by atoms with van der Waals surface area (Å²) in [7, 11) is 0. The average Bonchev–Trinajstić information content (AvgIpc) is 2.91. The van der Waals surface area contributed by atoms with Gasteiger partial charge in [0.1, 0.15) is 11.1 Å². The first-order valence-corrected chi connectivity index (χ1v) is 6.58. The fourth-order valence-corrected chi connectivity index (χ4v) is 1.99. The molecule has 0 atom stereocenters. The van der Waals surface area contributed by atoms with Crippen molar-refractivity contribution in [1.82, 2.24) is 20.2 Å². The van der Waals surface area contributed by atoms with E-state index in [2.05, 4.69) is 41.5 Å². The maximum Gasteiger partial charge on any atom is 0.242 e. The number of anilines is 1. The Balaban J connectivity index is 2.04. The van der Waals surface area contributed by atoms with E-state index < -0.39 is 0 Å². The molecule has 3 rings (SSSR count). The van der Waals surface area contributed by atoms with Crippen LogP contribution in [-0.4, -0.2) is 20.2 Å². The summed E-state index contributed by atoms with van der Waals surface area (Å²) >= 11 is 3.45. The van der Waals surface area contributed by atoms with Crippen molar-refractivity contribution in [2.45, 2.75) is 6.92 Å². The number of hydrazine groups is 1. The van der Waals surface area contributed by atoms with E-state index in [0.29, 0.717) is 22.7 Å². The summed E-state index contributed by atoms with van der Waals surface area (Å²) in [6, 6.07) is 5.68. The van der Waals surface area contributed by atoms with Gasteiger partial charge in [0.25, 0.3) is 0 Å². The van der Waals surface area contributed by atoms with Crippen LogP contribution in [-0.2, 0) is 0 Å². The van der Waals surface area contributed by atoms with Crippen LogP contribution in [0.3, 0.4) is 0 Å².